The predicted octanol–water partition coefficient (Wildman–Crippen LogP) is 2.66. The molecule has 2 aromatic heterocycles. The smallest absolute Gasteiger partial charge is 0.233 e. The summed E-state index contributed by atoms with van der Waals surface area (Å²) in [6.45, 7) is 5.98. The van der Waals surface area contributed by atoms with Crippen LogP contribution in [0.4, 0.5) is 0 Å². The average molecular weight is 355 g/mol. The standard InChI is InChI=1S/C15H22N4O2S2/c1-4-19-13(12-7-5-10-22-12)17-18-15(19)23-11(2)14(20)16-8-6-9-21-3/h5,7,10-11H,4,6,8-9H2,1-3H3,(H,16,20). The molecule has 2 aromatic rings. The SMILES string of the molecule is CCn1c(SC(C)C(=O)NCCCOC)nnc1-c1cccs1. The molecule has 0 saturated heterocycles. The molecular formula is C15H22N4O2S2. The molecule has 1 amide bonds. The molecule has 8 heteroatoms. The number of ether oxygens (including phenoxy) is 1. The summed E-state index contributed by atoms with van der Waals surface area (Å²) in [6, 6.07) is 4.03. The number of thiophene rings is 1. The van der Waals surface area contributed by atoms with Gasteiger partial charge in [-0.2, -0.15) is 0 Å². The zero-order valence-corrected chi connectivity index (χ0v) is 15.2. The molecule has 0 fully saturated rings. The lowest BCUT2D eigenvalue weighted by Crippen LogP contribution is -2.32. The lowest BCUT2D eigenvalue weighted by Gasteiger charge is -2.12. The van der Waals surface area contributed by atoms with E-state index in [1.807, 2.05) is 29.0 Å². The van der Waals surface area contributed by atoms with Crippen LogP contribution in [-0.4, -0.2) is 46.2 Å². The van der Waals surface area contributed by atoms with Gasteiger partial charge < -0.3 is 14.6 Å². The van der Waals surface area contributed by atoms with Gasteiger partial charge in [0.2, 0.25) is 5.91 Å². The van der Waals surface area contributed by atoms with E-state index in [1.54, 1.807) is 18.4 Å². The Morgan fingerprint density at radius 3 is 3.00 bits per heavy atom. The Morgan fingerprint density at radius 2 is 2.35 bits per heavy atom. The quantitative estimate of drug-likeness (QED) is 0.554. The molecule has 0 aliphatic rings. The maximum Gasteiger partial charge on any atom is 0.233 e. The molecule has 2 heterocycles. The zero-order valence-electron chi connectivity index (χ0n) is 13.6. The molecule has 0 saturated carbocycles. The van der Waals surface area contributed by atoms with Crippen LogP contribution < -0.4 is 5.32 Å². The molecule has 0 aromatic carbocycles. The fourth-order valence-corrected chi connectivity index (χ4v) is 3.69. The van der Waals surface area contributed by atoms with E-state index in [1.165, 1.54) is 11.8 Å². The van der Waals surface area contributed by atoms with E-state index < -0.39 is 0 Å². The maximum atomic E-state index is 12.1. The third kappa shape index (κ3) is 4.79. The first-order chi connectivity index (χ1) is 11.2. The van der Waals surface area contributed by atoms with Crippen LogP contribution in [0.3, 0.4) is 0 Å². The van der Waals surface area contributed by atoms with Crippen molar-refractivity contribution < 1.29 is 9.53 Å². The minimum atomic E-state index is -0.219. The van der Waals surface area contributed by atoms with Gasteiger partial charge in [-0.25, -0.2) is 0 Å². The van der Waals surface area contributed by atoms with E-state index in [-0.39, 0.29) is 11.2 Å². The number of aromatic nitrogens is 3. The molecule has 0 radical (unpaired) electrons. The molecule has 1 unspecified atom stereocenters. The third-order valence-corrected chi connectivity index (χ3v) is 5.20. The average Bonchev–Trinajstić information content (AvgIpc) is 3.20. The Balaban J connectivity index is 1.98. The van der Waals surface area contributed by atoms with Crippen molar-refractivity contribution in [3.05, 3.63) is 17.5 Å². The molecule has 0 aliphatic heterocycles. The summed E-state index contributed by atoms with van der Waals surface area (Å²) in [5.41, 5.74) is 0. The van der Waals surface area contributed by atoms with Gasteiger partial charge in [-0.15, -0.1) is 21.5 Å². The van der Waals surface area contributed by atoms with Gasteiger partial charge in [-0.3, -0.25) is 4.79 Å². The van der Waals surface area contributed by atoms with Gasteiger partial charge in [0.1, 0.15) is 0 Å². The number of methoxy groups -OCH3 is 1. The highest BCUT2D eigenvalue weighted by molar-refractivity contribution is 8.00. The van der Waals surface area contributed by atoms with Crippen molar-refractivity contribution in [2.45, 2.75) is 37.2 Å². The number of carbonyl (C=O) groups excluding carboxylic acids is 1. The topological polar surface area (TPSA) is 69.0 Å². The van der Waals surface area contributed by atoms with Gasteiger partial charge >= 0.3 is 0 Å². The number of nitrogens with zero attached hydrogens (tertiary/aromatic N) is 3. The second-order valence-electron chi connectivity index (χ2n) is 4.93. The largest absolute Gasteiger partial charge is 0.385 e. The fourth-order valence-electron chi connectivity index (χ4n) is 2.03. The van der Waals surface area contributed by atoms with Crippen molar-refractivity contribution >= 4 is 29.0 Å². The van der Waals surface area contributed by atoms with Gasteiger partial charge in [0, 0.05) is 26.8 Å². The Labute approximate surface area is 144 Å². The maximum absolute atomic E-state index is 12.1. The van der Waals surface area contributed by atoms with Crippen molar-refractivity contribution in [1.29, 1.82) is 0 Å². The van der Waals surface area contributed by atoms with Crippen LogP contribution in [0, 0.1) is 0 Å². The highest BCUT2D eigenvalue weighted by Gasteiger charge is 2.20. The van der Waals surface area contributed by atoms with Gasteiger partial charge in [0.15, 0.2) is 11.0 Å². The first-order valence-corrected chi connectivity index (χ1v) is 9.33. The van der Waals surface area contributed by atoms with Gasteiger partial charge in [0.05, 0.1) is 10.1 Å². The minimum absolute atomic E-state index is 0.00873. The van der Waals surface area contributed by atoms with Crippen LogP contribution in [-0.2, 0) is 16.1 Å². The molecular weight excluding hydrogens is 332 g/mol. The summed E-state index contributed by atoms with van der Waals surface area (Å²) in [5.74, 6) is 0.868. The van der Waals surface area contributed by atoms with E-state index in [0.717, 1.165) is 28.8 Å². The van der Waals surface area contributed by atoms with Crippen LogP contribution in [0.25, 0.3) is 10.7 Å². The van der Waals surface area contributed by atoms with Crippen molar-refractivity contribution in [2.75, 3.05) is 20.3 Å². The monoisotopic (exact) mass is 354 g/mol. The number of amides is 1. The summed E-state index contributed by atoms with van der Waals surface area (Å²) >= 11 is 3.07. The summed E-state index contributed by atoms with van der Waals surface area (Å²) in [6.07, 6.45) is 0.813. The first kappa shape index (κ1) is 18.0. The number of hydrogen-bond donors (Lipinski definition) is 1. The second kappa shape index (κ2) is 9.05. The Hall–Kier alpha value is -1.38. The summed E-state index contributed by atoms with van der Waals surface area (Å²) in [5, 5.41) is 14.0. The highest BCUT2D eigenvalue weighted by atomic mass is 32.2. The van der Waals surface area contributed by atoms with Crippen LogP contribution in [0.15, 0.2) is 22.7 Å². The Bertz CT molecular complexity index is 613. The number of thioether (sulfide) groups is 1. The molecule has 23 heavy (non-hydrogen) atoms. The van der Waals surface area contributed by atoms with E-state index in [4.69, 9.17) is 4.74 Å². The Kier molecular flexibility index (Phi) is 7.07. The number of hydrogen-bond acceptors (Lipinski definition) is 6. The molecule has 0 spiro atoms. The zero-order chi connectivity index (χ0) is 16.7. The molecule has 1 N–H and O–H groups in total. The van der Waals surface area contributed by atoms with E-state index in [0.29, 0.717) is 13.2 Å². The summed E-state index contributed by atoms with van der Waals surface area (Å²) < 4.78 is 7.02. The molecule has 0 bridgehead atoms. The van der Waals surface area contributed by atoms with Gasteiger partial charge in [-0.1, -0.05) is 17.8 Å². The first-order valence-electron chi connectivity index (χ1n) is 7.57. The lowest BCUT2D eigenvalue weighted by molar-refractivity contribution is -0.120. The minimum Gasteiger partial charge on any atom is -0.385 e. The van der Waals surface area contributed by atoms with Gasteiger partial charge in [-0.05, 0) is 31.7 Å². The molecule has 6 nitrogen and oxygen atoms in total. The van der Waals surface area contributed by atoms with Crippen molar-refractivity contribution in [3.8, 4) is 10.7 Å². The van der Waals surface area contributed by atoms with Crippen LogP contribution >= 0.6 is 23.1 Å². The van der Waals surface area contributed by atoms with Gasteiger partial charge in [0.25, 0.3) is 0 Å². The summed E-state index contributed by atoms with van der Waals surface area (Å²) in [7, 11) is 1.66. The van der Waals surface area contributed by atoms with Crippen LogP contribution in [0.1, 0.15) is 20.3 Å². The molecule has 0 aliphatic carbocycles. The van der Waals surface area contributed by atoms with E-state index >= 15 is 0 Å². The number of carbonyl (C=O) groups is 1. The second-order valence-corrected chi connectivity index (χ2v) is 7.18. The van der Waals surface area contributed by atoms with Crippen LogP contribution in [0.2, 0.25) is 0 Å². The van der Waals surface area contributed by atoms with E-state index in [9.17, 15) is 4.79 Å². The van der Waals surface area contributed by atoms with E-state index in [2.05, 4.69) is 22.4 Å². The van der Waals surface area contributed by atoms with Crippen molar-refractivity contribution in [2.24, 2.45) is 0 Å². The molecule has 2 rings (SSSR count). The number of nitrogens with one attached hydrogen (secondary N) is 1. The van der Waals surface area contributed by atoms with Crippen molar-refractivity contribution in [1.82, 2.24) is 20.1 Å². The van der Waals surface area contributed by atoms with Crippen LogP contribution in [0.5, 0.6) is 0 Å². The van der Waals surface area contributed by atoms with Crippen molar-refractivity contribution in [3.63, 3.8) is 0 Å². The number of rotatable bonds is 9. The normalized spacial score (nSPS) is 12.3. The molecule has 1 atom stereocenters. The lowest BCUT2D eigenvalue weighted by atomic mass is 10.4. The molecule has 126 valence electrons. The predicted molar refractivity (Wildman–Crippen MR) is 93.8 cm³/mol. The Morgan fingerprint density at radius 1 is 1.52 bits per heavy atom. The third-order valence-electron chi connectivity index (χ3n) is 3.25. The fraction of sp³-hybridized carbons (Fsp3) is 0.533. The highest BCUT2D eigenvalue weighted by Crippen LogP contribution is 2.28. The summed E-state index contributed by atoms with van der Waals surface area (Å²) in [4.78, 5) is 13.2.